The Labute approximate surface area is 118 Å². The van der Waals surface area contributed by atoms with Crippen LogP contribution in [0.2, 0.25) is 5.15 Å². The van der Waals surface area contributed by atoms with E-state index < -0.39 is 10.7 Å². The average molecular weight is 298 g/mol. The van der Waals surface area contributed by atoms with E-state index in [-0.39, 0.29) is 22.4 Å². The number of ether oxygens (including phenoxy) is 1. The number of nitrogens with zero attached hydrogens (tertiary/aromatic N) is 2. The van der Waals surface area contributed by atoms with Crippen LogP contribution in [0.3, 0.4) is 0 Å². The molecular formula is C12H9ClFN3O3. The van der Waals surface area contributed by atoms with Gasteiger partial charge in [-0.25, -0.2) is 9.37 Å². The number of aromatic nitrogens is 1. The quantitative estimate of drug-likeness (QED) is 0.530. The molecule has 1 aromatic heterocycles. The van der Waals surface area contributed by atoms with Crippen LogP contribution in [-0.4, -0.2) is 17.0 Å². The maximum Gasteiger partial charge on any atom is 0.311 e. The number of hydrogen-bond acceptors (Lipinski definition) is 5. The number of halogens is 2. The van der Waals surface area contributed by atoms with E-state index in [0.29, 0.717) is 5.69 Å². The maximum absolute atomic E-state index is 13.1. The second-order valence-electron chi connectivity index (χ2n) is 3.73. The van der Waals surface area contributed by atoms with E-state index in [4.69, 9.17) is 16.3 Å². The Bertz CT molecular complexity index is 666. The van der Waals surface area contributed by atoms with Crippen LogP contribution in [0.5, 0.6) is 5.75 Å². The Balaban J connectivity index is 2.44. The zero-order chi connectivity index (χ0) is 14.7. The van der Waals surface area contributed by atoms with Crippen LogP contribution in [0.25, 0.3) is 0 Å². The van der Waals surface area contributed by atoms with Gasteiger partial charge in [-0.15, -0.1) is 0 Å². The predicted molar refractivity (Wildman–Crippen MR) is 72.1 cm³/mol. The molecule has 2 aromatic rings. The van der Waals surface area contributed by atoms with Crippen molar-refractivity contribution in [3.63, 3.8) is 0 Å². The molecule has 2 rings (SSSR count). The third-order valence-electron chi connectivity index (χ3n) is 2.45. The van der Waals surface area contributed by atoms with Crippen molar-refractivity contribution in [1.29, 1.82) is 0 Å². The highest BCUT2D eigenvalue weighted by molar-refractivity contribution is 6.29. The molecule has 0 aliphatic heterocycles. The molecule has 0 atom stereocenters. The molecule has 0 aliphatic carbocycles. The van der Waals surface area contributed by atoms with Crippen LogP contribution >= 0.6 is 11.6 Å². The second kappa shape index (κ2) is 5.70. The van der Waals surface area contributed by atoms with Gasteiger partial charge in [0.2, 0.25) is 5.82 Å². The number of benzene rings is 1. The molecule has 0 bridgehead atoms. The van der Waals surface area contributed by atoms with Gasteiger partial charge in [0.1, 0.15) is 16.7 Å². The highest BCUT2D eigenvalue weighted by Gasteiger charge is 2.17. The summed E-state index contributed by atoms with van der Waals surface area (Å²) >= 11 is 5.72. The molecule has 0 spiro atoms. The molecule has 8 heteroatoms. The molecule has 0 saturated heterocycles. The molecule has 0 fully saturated rings. The van der Waals surface area contributed by atoms with E-state index in [1.807, 2.05) is 0 Å². The zero-order valence-electron chi connectivity index (χ0n) is 10.3. The van der Waals surface area contributed by atoms with Crippen LogP contribution in [0.4, 0.5) is 21.6 Å². The molecule has 1 heterocycles. The van der Waals surface area contributed by atoms with E-state index in [1.165, 1.54) is 31.4 Å². The Hall–Kier alpha value is -2.41. The molecule has 104 valence electrons. The summed E-state index contributed by atoms with van der Waals surface area (Å²) in [4.78, 5) is 14.2. The van der Waals surface area contributed by atoms with E-state index in [9.17, 15) is 14.5 Å². The number of anilines is 2. The van der Waals surface area contributed by atoms with Crippen LogP contribution in [-0.2, 0) is 0 Å². The molecule has 20 heavy (non-hydrogen) atoms. The minimum atomic E-state index is -0.596. The summed E-state index contributed by atoms with van der Waals surface area (Å²) in [7, 11) is 1.36. The fraction of sp³-hybridized carbons (Fsp3) is 0.0833. The summed E-state index contributed by atoms with van der Waals surface area (Å²) in [5.41, 5.74) is 0.0903. The van der Waals surface area contributed by atoms with Crippen molar-refractivity contribution >= 4 is 28.8 Å². The first-order valence-corrected chi connectivity index (χ1v) is 5.80. The summed E-state index contributed by atoms with van der Waals surface area (Å²) in [6.07, 6.45) is 0. The van der Waals surface area contributed by atoms with E-state index in [0.717, 1.165) is 6.07 Å². The number of methoxy groups -OCH3 is 1. The Morgan fingerprint density at radius 3 is 2.80 bits per heavy atom. The number of pyridine rings is 1. The van der Waals surface area contributed by atoms with Crippen molar-refractivity contribution in [2.45, 2.75) is 0 Å². The van der Waals surface area contributed by atoms with Crippen molar-refractivity contribution in [2.24, 2.45) is 0 Å². The molecule has 0 unspecified atom stereocenters. The fourth-order valence-corrected chi connectivity index (χ4v) is 1.71. The van der Waals surface area contributed by atoms with Gasteiger partial charge in [-0.05, 0) is 18.2 Å². The molecule has 1 N–H and O–H groups in total. The smallest absolute Gasteiger partial charge is 0.311 e. The van der Waals surface area contributed by atoms with Crippen molar-refractivity contribution in [2.75, 3.05) is 12.4 Å². The summed E-state index contributed by atoms with van der Waals surface area (Å²) < 4.78 is 18.1. The fourth-order valence-electron chi connectivity index (χ4n) is 1.56. The first-order valence-electron chi connectivity index (χ1n) is 5.43. The lowest BCUT2D eigenvalue weighted by Gasteiger charge is -2.10. The average Bonchev–Trinajstić information content (AvgIpc) is 2.40. The molecule has 0 amide bonds. The van der Waals surface area contributed by atoms with Gasteiger partial charge < -0.3 is 10.1 Å². The highest BCUT2D eigenvalue weighted by Crippen LogP contribution is 2.32. The van der Waals surface area contributed by atoms with Crippen molar-refractivity contribution in [3.8, 4) is 5.75 Å². The predicted octanol–water partition coefficient (Wildman–Crippen LogP) is 3.53. The van der Waals surface area contributed by atoms with Gasteiger partial charge in [-0.1, -0.05) is 11.6 Å². The monoisotopic (exact) mass is 297 g/mol. The lowest BCUT2D eigenvalue weighted by Crippen LogP contribution is -2.01. The topological polar surface area (TPSA) is 77.3 Å². The highest BCUT2D eigenvalue weighted by atomic mass is 35.5. The summed E-state index contributed by atoms with van der Waals surface area (Å²) in [6, 6.07) is 6.28. The summed E-state index contributed by atoms with van der Waals surface area (Å²) in [6.45, 7) is 0. The number of rotatable bonds is 4. The minimum Gasteiger partial charge on any atom is -0.494 e. The van der Waals surface area contributed by atoms with Crippen LogP contribution < -0.4 is 10.1 Å². The third kappa shape index (κ3) is 2.94. The van der Waals surface area contributed by atoms with Gasteiger partial charge in [-0.2, -0.15) is 0 Å². The molecule has 1 aromatic carbocycles. The second-order valence-corrected chi connectivity index (χ2v) is 4.12. The van der Waals surface area contributed by atoms with Crippen LogP contribution in [0.15, 0.2) is 30.3 Å². The lowest BCUT2D eigenvalue weighted by atomic mass is 10.2. The number of nitro groups is 1. The van der Waals surface area contributed by atoms with Gasteiger partial charge in [0, 0.05) is 12.1 Å². The summed E-state index contributed by atoms with van der Waals surface area (Å²) in [5.74, 6) is -0.338. The van der Waals surface area contributed by atoms with E-state index in [1.54, 1.807) is 0 Å². The summed E-state index contributed by atoms with van der Waals surface area (Å²) in [5, 5.41) is 13.7. The minimum absolute atomic E-state index is 0.0487. The van der Waals surface area contributed by atoms with E-state index >= 15 is 0 Å². The SMILES string of the molecule is COc1cc(F)ccc1Nc1nc(Cl)ccc1[N+](=O)[O-]. The standard InChI is InChI=1S/C12H9ClFN3O3/c1-20-10-6-7(14)2-3-8(10)15-12-9(17(18)19)4-5-11(13)16-12/h2-6H,1H3,(H,15,16). The normalized spacial score (nSPS) is 10.2. The largest absolute Gasteiger partial charge is 0.494 e. The van der Waals surface area contributed by atoms with Crippen molar-refractivity contribution < 1.29 is 14.1 Å². The number of nitrogens with one attached hydrogen (secondary N) is 1. The molecule has 0 saturated carbocycles. The maximum atomic E-state index is 13.1. The van der Waals surface area contributed by atoms with Crippen LogP contribution in [0, 0.1) is 15.9 Å². The van der Waals surface area contributed by atoms with Gasteiger partial charge >= 0.3 is 5.69 Å². The Kier molecular flexibility index (Phi) is 3.99. The number of hydrogen-bond donors (Lipinski definition) is 1. The molecular weight excluding hydrogens is 289 g/mol. The lowest BCUT2D eigenvalue weighted by molar-refractivity contribution is -0.384. The first kappa shape index (κ1) is 14.0. The van der Waals surface area contributed by atoms with Gasteiger partial charge in [0.05, 0.1) is 17.7 Å². The van der Waals surface area contributed by atoms with Gasteiger partial charge in [0.25, 0.3) is 0 Å². The molecule has 6 nitrogen and oxygen atoms in total. The van der Waals surface area contributed by atoms with Gasteiger partial charge in [0.15, 0.2) is 0 Å². The molecule has 0 aliphatic rings. The van der Waals surface area contributed by atoms with Crippen molar-refractivity contribution in [3.05, 3.63) is 51.4 Å². The third-order valence-corrected chi connectivity index (χ3v) is 2.66. The van der Waals surface area contributed by atoms with Gasteiger partial charge in [-0.3, -0.25) is 10.1 Å². The Morgan fingerprint density at radius 1 is 1.40 bits per heavy atom. The van der Waals surface area contributed by atoms with Crippen molar-refractivity contribution in [1.82, 2.24) is 4.98 Å². The van der Waals surface area contributed by atoms with E-state index in [2.05, 4.69) is 10.3 Å². The Morgan fingerprint density at radius 2 is 2.15 bits per heavy atom. The zero-order valence-corrected chi connectivity index (χ0v) is 11.0. The molecule has 0 radical (unpaired) electrons. The van der Waals surface area contributed by atoms with Crippen LogP contribution in [0.1, 0.15) is 0 Å². The first-order chi connectivity index (χ1) is 9.51.